The summed E-state index contributed by atoms with van der Waals surface area (Å²) in [5, 5.41) is 0.914. The van der Waals surface area contributed by atoms with Gasteiger partial charge in [0.2, 0.25) is 0 Å². The van der Waals surface area contributed by atoms with Crippen molar-refractivity contribution in [3.05, 3.63) is 102 Å². The Morgan fingerprint density at radius 1 is 0.807 bits per heavy atom. The monoisotopic (exact) mass is 819 g/mol. The molecule has 1 amide bonds. The van der Waals surface area contributed by atoms with Gasteiger partial charge in [0.15, 0.2) is 6.79 Å². The summed E-state index contributed by atoms with van der Waals surface area (Å²) in [6, 6.07) is 24.0. The minimum Gasteiger partial charge on any atom is -0.468 e. The smallest absolute Gasteiger partial charge is 0.416 e. The van der Waals surface area contributed by atoms with Crippen LogP contribution in [0.1, 0.15) is 37.5 Å². The van der Waals surface area contributed by atoms with E-state index in [1.807, 2.05) is 67.6 Å². The number of hydrogen-bond acceptors (Lipinski definition) is 13. The molecular weight excluding hydrogens is 771 g/mol. The third-order valence-electron chi connectivity index (χ3n) is 7.99. The summed E-state index contributed by atoms with van der Waals surface area (Å²) < 4.78 is 63.6. The van der Waals surface area contributed by atoms with E-state index in [-0.39, 0.29) is 51.3 Å². The molecule has 57 heavy (non-hydrogen) atoms. The zero-order valence-electron chi connectivity index (χ0n) is 32.8. The number of benzene rings is 3. The maximum absolute atomic E-state index is 13.1. The van der Waals surface area contributed by atoms with Crippen molar-refractivity contribution in [3.8, 4) is 16.3 Å². The average molecular weight is 820 g/mol. The number of ether oxygens (including phenoxy) is 6. The fourth-order valence-electron chi connectivity index (χ4n) is 5.08. The molecule has 0 bridgehead atoms. The molecule has 304 valence electrons. The lowest BCUT2D eigenvalue weighted by molar-refractivity contribution is -0.00840. The van der Waals surface area contributed by atoms with Crippen LogP contribution in [0.5, 0.6) is 5.75 Å². The molecule has 0 N–H and O–H groups in total. The molecule has 0 unspecified atom stereocenters. The quantitative estimate of drug-likeness (QED) is 0.0402. The number of aromatic nitrogens is 2. The first-order valence-corrected chi connectivity index (χ1v) is 20.6. The van der Waals surface area contributed by atoms with Gasteiger partial charge in [-0.25, -0.2) is 14.8 Å². The fraction of sp³-hybridized carbons (Fsp3) is 0.357. The van der Waals surface area contributed by atoms with E-state index in [1.165, 1.54) is 17.0 Å². The minimum atomic E-state index is -3.85. The lowest BCUT2D eigenvalue weighted by atomic mass is 10.1. The van der Waals surface area contributed by atoms with Crippen LogP contribution in [0.15, 0.2) is 90.0 Å². The van der Waals surface area contributed by atoms with Crippen LogP contribution in [-0.2, 0) is 38.0 Å². The molecule has 5 aromatic rings. The fourth-order valence-corrected chi connectivity index (χ4v) is 6.98. The molecule has 0 aliphatic carbocycles. The van der Waals surface area contributed by atoms with Crippen molar-refractivity contribution < 1.29 is 45.8 Å². The van der Waals surface area contributed by atoms with E-state index in [0.29, 0.717) is 19.0 Å². The Kier molecular flexibility index (Phi) is 16.1. The number of hydrogen-bond donors (Lipinski definition) is 0. The van der Waals surface area contributed by atoms with Crippen molar-refractivity contribution in [2.75, 3.05) is 71.6 Å². The molecule has 0 aliphatic rings. The Bertz CT molecular complexity index is 2150. The van der Waals surface area contributed by atoms with E-state index >= 15 is 0 Å². The van der Waals surface area contributed by atoms with Crippen molar-refractivity contribution in [1.82, 2.24) is 9.97 Å². The van der Waals surface area contributed by atoms with Crippen molar-refractivity contribution in [2.45, 2.75) is 38.2 Å². The summed E-state index contributed by atoms with van der Waals surface area (Å²) >= 11 is 1.60. The van der Waals surface area contributed by atoms with Gasteiger partial charge in [-0.05, 0) is 81.3 Å². The number of methoxy groups -OCH3 is 1. The molecule has 0 saturated heterocycles. The van der Waals surface area contributed by atoms with Crippen molar-refractivity contribution >= 4 is 55.7 Å². The maximum Gasteiger partial charge on any atom is 0.416 e. The summed E-state index contributed by atoms with van der Waals surface area (Å²) in [4.78, 5) is 24.0. The van der Waals surface area contributed by atoms with Gasteiger partial charge in [0.05, 0.1) is 67.9 Å². The second-order valence-corrected chi connectivity index (χ2v) is 16.3. The molecule has 0 aliphatic heterocycles. The number of aryl methyl sites for hydroxylation is 1. The number of anilines is 1. The van der Waals surface area contributed by atoms with Crippen molar-refractivity contribution in [3.63, 3.8) is 0 Å². The molecular formula is C42H49N3O10S2. The third kappa shape index (κ3) is 14.0. The number of rotatable bonds is 21. The summed E-state index contributed by atoms with van der Waals surface area (Å²) in [6.45, 7) is 9.20. The lowest BCUT2D eigenvalue weighted by Crippen LogP contribution is -2.39. The first-order chi connectivity index (χ1) is 27.4. The van der Waals surface area contributed by atoms with E-state index in [1.54, 1.807) is 63.6 Å². The summed E-state index contributed by atoms with van der Waals surface area (Å²) in [5.74, 6) is 1.14. The van der Waals surface area contributed by atoms with Crippen LogP contribution in [0.3, 0.4) is 0 Å². The van der Waals surface area contributed by atoms with Crippen molar-refractivity contribution in [2.24, 2.45) is 0 Å². The van der Waals surface area contributed by atoms with Gasteiger partial charge >= 0.3 is 6.09 Å². The van der Waals surface area contributed by atoms with E-state index in [2.05, 4.69) is 4.98 Å². The molecule has 15 heteroatoms. The van der Waals surface area contributed by atoms with Gasteiger partial charge in [0.25, 0.3) is 10.1 Å². The van der Waals surface area contributed by atoms with Crippen LogP contribution in [0, 0.1) is 6.92 Å². The molecule has 0 atom stereocenters. The highest BCUT2D eigenvalue weighted by Crippen LogP contribution is 2.32. The Balaban J connectivity index is 1.09. The highest BCUT2D eigenvalue weighted by molar-refractivity contribution is 7.86. The highest BCUT2D eigenvalue weighted by Gasteiger charge is 2.24. The normalized spacial score (nSPS) is 12.0. The predicted octanol–water partition coefficient (Wildman–Crippen LogP) is 8.02. The number of thiazole rings is 1. The average Bonchev–Trinajstić information content (AvgIpc) is 3.61. The molecule has 0 radical (unpaired) electrons. The predicted molar refractivity (Wildman–Crippen MR) is 221 cm³/mol. The van der Waals surface area contributed by atoms with E-state index in [4.69, 9.17) is 37.6 Å². The molecule has 5 rings (SSSR count). The summed E-state index contributed by atoms with van der Waals surface area (Å²) in [7, 11) is -2.22. The number of fused-ring (bicyclic) bond motifs is 1. The third-order valence-corrected chi connectivity index (χ3v) is 10.4. The first kappa shape index (κ1) is 43.4. The lowest BCUT2D eigenvalue weighted by Gasteiger charge is -2.26. The second kappa shape index (κ2) is 21.1. The summed E-state index contributed by atoms with van der Waals surface area (Å²) in [5.41, 5.74) is 4.02. The Labute approximate surface area is 338 Å². The first-order valence-electron chi connectivity index (χ1n) is 18.4. The second-order valence-electron chi connectivity index (χ2n) is 13.7. The van der Waals surface area contributed by atoms with Gasteiger partial charge in [0, 0.05) is 18.9 Å². The van der Waals surface area contributed by atoms with Crippen LogP contribution >= 0.6 is 11.3 Å². The molecule has 0 saturated carbocycles. The van der Waals surface area contributed by atoms with Crippen LogP contribution < -0.4 is 9.64 Å². The topological polar surface area (TPSA) is 145 Å². The zero-order valence-corrected chi connectivity index (χ0v) is 34.5. The molecule has 2 aromatic heterocycles. The van der Waals surface area contributed by atoms with E-state index in [9.17, 15) is 13.2 Å². The van der Waals surface area contributed by atoms with Gasteiger partial charge in [-0.15, -0.1) is 11.3 Å². The number of amides is 1. The molecule has 0 spiro atoms. The maximum atomic E-state index is 13.1. The zero-order chi connectivity index (χ0) is 40.7. The van der Waals surface area contributed by atoms with Crippen LogP contribution in [0.25, 0.3) is 32.9 Å². The van der Waals surface area contributed by atoms with Gasteiger partial charge in [-0.3, -0.25) is 9.08 Å². The van der Waals surface area contributed by atoms with Gasteiger partial charge < -0.3 is 28.4 Å². The van der Waals surface area contributed by atoms with Gasteiger partial charge in [-0.1, -0.05) is 54.1 Å². The van der Waals surface area contributed by atoms with Crippen LogP contribution in [0.4, 0.5) is 10.6 Å². The Hall–Kier alpha value is -4.74. The number of pyridine rings is 1. The largest absolute Gasteiger partial charge is 0.468 e. The summed E-state index contributed by atoms with van der Waals surface area (Å²) in [6.07, 6.45) is 5.09. The molecule has 3 aromatic carbocycles. The molecule has 2 heterocycles. The molecule has 0 fully saturated rings. The SMILES string of the molecule is COCCOCOc1ccc2nc(-c3ccc(/C=C/c4ccc(N(CCOCCOCCOS(=O)(=O)c5ccc(C)cc5)C(=O)OC(C)(C)C)nc4)cc3)sc2c1. The highest BCUT2D eigenvalue weighted by atomic mass is 32.2. The Morgan fingerprint density at radius 3 is 2.19 bits per heavy atom. The standard InChI is InChI=1S/C42H49N3O10S2/c1-31-6-16-36(17-7-31)57(47,48)54-27-26-51-25-24-50-21-20-45(41(46)55-42(2,3)4)39-19-12-33(29-43-39)9-8-32-10-13-34(14-11-32)40-44-37-18-15-35(28-38(37)56-40)53-30-52-23-22-49-5/h6-19,28-29H,20-27,30H2,1-5H3/b9-8+. The number of nitrogens with zero attached hydrogens (tertiary/aromatic N) is 3. The van der Waals surface area contributed by atoms with Crippen LogP contribution in [0.2, 0.25) is 0 Å². The van der Waals surface area contributed by atoms with Gasteiger partial charge in [0.1, 0.15) is 22.2 Å². The Morgan fingerprint density at radius 2 is 1.49 bits per heavy atom. The van der Waals surface area contributed by atoms with Crippen LogP contribution in [-0.4, -0.2) is 96.8 Å². The van der Waals surface area contributed by atoms with E-state index in [0.717, 1.165) is 43.2 Å². The molecule has 13 nitrogen and oxygen atoms in total. The van der Waals surface area contributed by atoms with E-state index < -0.39 is 21.8 Å². The number of carbonyl (C=O) groups is 1. The van der Waals surface area contributed by atoms with Crippen molar-refractivity contribution in [1.29, 1.82) is 0 Å². The van der Waals surface area contributed by atoms with Gasteiger partial charge in [-0.2, -0.15) is 8.42 Å². The minimum absolute atomic E-state index is 0.0733. The number of carbonyl (C=O) groups excluding carboxylic acids is 1.